The third-order valence-electron chi connectivity index (χ3n) is 3.40. The molecule has 3 aromatic rings. The SMILES string of the molecule is Cc1cc(C(=O)CSc2nnc(COc3ccc(Cl)cc3)o2)c(C)[nH]1. The fourth-order valence-electron chi connectivity index (χ4n) is 2.25. The molecule has 6 nitrogen and oxygen atoms in total. The van der Waals surface area contributed by atoms with E-state index in [4.69, 9.17) is 20.8 Å². The number of aromatic nitrogens is 3. The maximum absolute atomic E-state index is 12.2. The van der Waals surface area contributed by atoms with Gasteiger partial charge in [-0.2, -0.15) is 0 Å². The molecule has 0 saturated heterocycles. The highest BCUT2D eigenvalue weighted by molar-refractivity contribution is 7.99. The van der Waals surface area contributed by atoms with Crippen LogP contribution in [0.15, 0.2) is 40.0 Å². The predicted octanol–water partition coefficient (Wildman–Crippen LogP) is 4.22. The van der Waals surface area contributed by atoms with Crippen LogP contribution in [-0.4, -0.2) is 26.7 Å². The van der Waals surface area contributed by atoms with Gasteiger partial charge in [-0.3, -0.25) is 4.79 Å². The standard InChI is InChI=1S/C17H16ClN3O3S/c1-10-7-14(11(2)19-10)15(22)9-25-17-21-20-16(24-17)8-23-13-5-3-12(18)4-6-13/h3-7,19H,8-9H2,1-2H3. The van der Waals surface area contributed by atoms with Crippen LogP contribution in [0.3, 0.4) is 0 Å². The number of ketones is 1. The minimum absolute atomic E-state index is 0.0176. The Balaban J connectivity index is 1.52. The Morgan fingerprint density at radius 3 is 2.72 bits per heavy atom. The number of nitrogens with one attached hydrogen (secondary N) is 1. The summed E-state index contributed by atoms with van der Waals surface area (Å²) in [5.41, 5.74) is 2.52. The van der Waals surface area contributed by atoms with Gasteiger partial charge in [0.15, 0.2) is 12.4 Å². The number of thioether (sulfide) groups is 1. The second-order valence-corrected chi connectivity index (χ2v) is 6.77. The Labute approximate surface area is 153 Å². The largest absolute Gasteiger partial charge is 0.484 e. The maximum Gasteiger partial charge on any atom is 0.277 e. The van der Waals surface area contributed by atoms with E-state index in [0.29, 0.717) is 27.4 Å². The van der Waals surface area contributed by atoms with Crippen molar-refractivity contribution in [3.63, 3.8) is 0 Å². The van der Waals surface area contributed by atoms with Crippen molar-refractivity contribution >= 4 is 29.1 Å². The minimum Gasteiger partial charge on any atom is -0.484 e. The molecule has 0 aliphatic heterocycles. The molecule has 0 aliphatic carbocycles. The molecule has 0 atom stereocenters. The average molecular weight is 378 g/mol. The lowest BCUT2D eigenvalue weighted by molar-refractivity contribution is 0.102. The second kappa shape index (κ2) is 7.76. The summed E-state index contributed by atoms with van der Waals surface area (Å²) in [6.07, 6.45) is 0. The molecule has 0 aliphatic rings. The number of Topliss-reactive ketones (excluding diaryl/α,β-unsaturated/α-hetero) is 1. The van der Waals surface area contributed by atoms with Crippen LogP contribution in [0.2, 0.25) is 5.02 Å². The van der Waals surface area contributed by atoms with E-state index < -0.39 is 0 Å². The minimum atomic E-state index is 0.0176. The number of benzene rings is 1. The van der Waals surface area contributed by atoms with Gasteiger partial charge in [0.2, 0.25) is 0 Å². The second-order valence-electron chi connectivity index (χ2n) is 5.41. The van der Waals surface area contributed by atoms with E-state index in [1.807, 2.05) is 19.9 Å². The Kier molecular flexibility index (Phi) is 5.45. The van der Waals surface area contributed by atoms with E-state index in [0.717, 1.165) is 11.4 Å². The van der Waals surface area contributed by atoms with Crippen molar-refractivity contribution in [3.8, 4) is 5.75 Å². The summed E-state index contributed by atoms with van der Waals surface area (Å²) in [6.45, 7) is 3.95. The first-order valence-electron chi connectivity index (χ1n) is 7.54. The van der Waals surface area contributed by atoms with Gasteiger partial charge in [-0.1, -0.05) is 23.4 Å². The first kappa shape index (κ1) is 17.6. The number of halogens is 1. The fourth-order valence-corrected chi connectivity index (χ4v) is 3.04. The van der Waals surface area contributed by atoms with E-state index in [1.54, 1.807) is 24.3 Å². The number of rotatable bonds is 7. The zero-order valence-electron chi connectivity index (χ0n) is 13.7. The molecule has 0 radical (unpaired) electrons. The van der Waals surface area contributed by atoms with Crippen molar-refractivity contribution in [1.29, 1.82) is 0 Å². The van der Waals surface area contributed by atoms with Crippen LogP contribution < -0.4 is 4.74 Å². The van der Waals surface area contributed by atoms with Gasteiger partial charge in [-0.25, -0.2) is 0 Å². The summed E-state index contributed by atoms with van der Waals surface area (Å²) in [5, 5.41) is 8.82. The Morgan fingerprint density at radius 2 is 2.04 bits per heavy atom. The molecular weight excluding hydrogens is 362 g/mol. The van der Waals surface area contributed by atoms with Gasteiger partial charge in [0.1, 0.15) is 5.75 Å². The van der Waals surface area contributed by atoms with Crippen molar-refractivity contribution in [2.24, 2.45) is 0 Å². The van der Waals surface area contributed by atoms with Crippen LogP contribution in [0.25, 0.3) is 0 Å². The quantitative estimate of drug-likeness (QED) is 0.490. The fraction of sp³-hybridized carbons (Fsp3) is 0.235. The number of aromatic amines is 1. The number of H-pyrrole nitrogens is 1. The smallest absolute Gasteiger partial charge is 0.277 e. The highest BCUT2D eigenvalue weighted by atomic mass is 35.5. The summed E-state index contributed by atoms with van der Waals surface area (Å²) in [6, 6.07) is 8.84. The van der Waals surface area contributed by atoms with E-state index in [2.05, 4.69) is 15.2 Å². The molecule has 2 heterocycles. The summed E-state index contributed by atoms with van der Waals surface area (Å²) in [4.78, 5) is 15.4. The van der Waals surface area contributed by atoms with Crippen LogP contribution >= 0.6 is 23.4 Å². The molecule has 0 spiro atoms. The molecule has 3 rings (SSSR count). The molecule has 25 heavy (non-hydrogen) atoms. The van der Waals surface area contributed by atoms with Gasteiger partial charge >= 0.3 is 0 Å². The van der Waals surface area contributed by atoms with Crippen molar-refractivity contribution < 1.29 is 13.9 Å². The number of hydrogen-bond acceptors (Lipinski definition) is 6. The number of carbonyl (C=O) groups is 1. The van der Waals surface area contributed by atoms with Crippen molar-refractivity contribution in [3.05, 3.63) is 58.2 Å². The topological polar surface area (TPSA) is 81.0 Å². The van der Waals surface area contributed by atoms with Crippen molar-refractivity contribution in [1.82, 2.24) is 15.2 Å². The Morgan fingerprint density at radius 1 is 1.28 bits per heavy atom. The summed E-state index contributed by atoms with van der Waals surface area (Å²) < 4.78 is 11.0. The van der Waals surface area contributed by atoms with E-state index in [-0.39, 0.29) is 18.1 Å². The van der Waals surface area contributed by atoms with Crippen molar-refractivity contribution in [2.75, 3.05) is 5.75 Å². The summed E-state index contributed by atoms with van der Waals surface area (Å²) >= 11 is 7.03. The molecule has 0 amide bonds. The maximum atomic E-state index is 12.2. The monoisotopic (exact) mass is 377 g/mol. The Hall–Kier alpha value is -2.25. The molecular formula is C17H16ClN3O3S. The lowest BCUT2D eigenvalue weighted by atomic mass is 10.2. The van der Waals surface area contributed by atoms with E-state index in [9.17, 15) is 4.79 Å². The molecule has 2 aromatic heterocycles. The van der Waals surface area contributed by atoms with Crippen LogP contribution in [0.5, 0.6) is 5.75 Å². The lowest BCUT2D eigenvalue weighted by Gasteiger charge is -2.02. The van der Waals surface area contributed by atoms with Gasteiger partial charge in [0.05, 0.1) is 5.75 Å². The number of aryl methyl sites for hydroxylation is 2. The third-order valence-corrected chi connectivity index (χ3v) is 4.47. The first-order chi connectivity index (χ1) is 12.0. The van der Waals surface area contributed by atoms with Crippen LogP contribution in [0, 0.1) is 13.8 Å². The number of ether oxygens (including phenoxy) is 1. The molecule has 8 heteroatoms. The number of hydrogen-bond donors (Lipinski definition) is 1. The van der Waals surface area contributed by atoms with Crippen LogP contribution in [0.4, 0.5) is 0 Å². The van der Waals surface area contributed by atoms with Gasteiger partial charge in [-0.05, 0) is 44.2 Å². The highest BCUT2D eigenvalue weighted by Crippen LogP contribution is 2.21. The Bertz CT molecular complexity index is 874. The lowest BCUT2D eigenvalue weighted by Crippen LogP contribution is -2.02. The summed E-state index contributed by atoms with van der Waals surface area (Å²) in [7, 11) is 0. The van der Waals surface area contributed by atoms with Gasteiger partial charge < -0.3 is 14.1 Å². The number of nitrogens with zero attached hydrogens (tertiary/aromatic N) is 2. The highest BCUT2D eigenvalue weighted by Gasteiger charge is 2.14. The van der Waals surface area contributed by atoms with Crippen molar-refractivity contribution in [2.45, 2.75) is 25.7 Å². The molecule has 130 valence electrons. The van der Waals surface area contributed by atoms with Gasteiger partial charge in [-0.15, -0.1) is 10.2 Å². The third kappa shape index (κ3) is 4.64. The molecule has 0 saturated carbocycles. The number of carbonyl (C=O) groups excluding carboxylic acids is 1. The molecule has 0 fully saturated rings. The normalized spacial score (nSPS) is 10.8. The average Bonchev–Trinajstić information content (AvgIpc) is 3.18. The van der Waals surface area contributed by atoms with E-state index >= 15 is 0 Å². The molecule has 0 unspecified atom stereocenters. The van der Waals surface area contributed by atoms with Crippen LogP contribution in [-0.2, 0) is 6.61 Å². The zero-order chi connectivity index (χ0) is 17.8. The summed E-state index contributed by atoms with van der Waals surface area (Å²) in [5.74, 6) is 1.26. The zero-order valence-corrected chi connectivity index (χ0v) is 15.3. The van der Waals surface area contributed by atoms with Gasteiger partial charge in [0.25, 0.3) is 11.1 Å². The molecule has 1 N–H and O–H groups in total. The van der Waals surface area contributed by atoms with Crippen LogP contribution in [0.1, 0.15) is 27.6 Å². The van der Waals surface area contributed by atoms with E-state index in [1.165, 1.54) is 11.8 Å². The first-order valence-corrected chi connectivity index (χ1v) is 8.90. The van der Waals surface area contributed by atoms with Gasteiger partial charge in [0, 0.05) is 22.0 Å². The molecule has 1 aromatic carbocycles. The predicted molar refractivity (Wildman–Crippen MR) is 95.4 cm³/mol. The molecule has 0 bridgehead atoms.